The van der Waals surface area contributed by atoms with E-state index in [0.29, 0.717) is 5.56 Å². The van der Waals surface area contributed by atoms with Gasteiger partial charge in [-0.15, -0.1) is 5.10 Å². The predicted molar refractivity (Wildman–Crippen MR) is 66.9 cm³/mol. The Hall–Kier alpha value is -1.63. The molecule has 90 valence electrons. The van der Waals surface area contributed by atoms with E-state index in [9.17, 15) is 5.26 Å². The van der Waals surface area contributed by atoms with Gasteiger partial charge in [0.1, 0.15) is 11.6 Å². The average molecular weight is 230 g/mol. The lowest BCUT2D eigenvalue weighted by atomic mass is 10.1. The first-order valence-corrected chi connectivity index (χ1v) is 6.23. The van der Waals surface area contributed by atoms with Gasteiger partial charge in [-0.05, 0) is 32.3 Å². The zero-order valence-electron chi connectivity index (χ0n) is 10.5. The molecule has 0 unspecified atom stereocenters. The molecule has 17 heavy (non-hydrogen) atoms. The van der Waals surface area contributed by atoms with Gasteiger partial charge in [-0.25, -0.2) is 0 Å². The van der Waals surface area contributed by atoms with Crippen LogP contribution in [0.25, 0.3) is 0 Å². The highest BCUT2D eigenvalue weighted by Crippen LogP contribution is 2.23. The summed E-state index contributed by atoms with van der Waals surface area (Å²) in [5, 5.41) is 17.7. The maximum Gasteiger partial charge on any atom is 0.169 e. The fourth-order valence-electron chi connectivity index (χ4n) is 2.23. The van der Waals surface area contributed by atoms with Crippen molar-refractivity contribution in [1.29, 1.82) is 5.26 Å². The molecule has 0 radical (unpaired) electrons. The molecule has 0 spiro atoms. The summed E-state index contributed by atoms with van der Waals surface area (Å²) >= 11 is 0. The molecule has 0 aliphatic carbocycles. The summed E-state index contributed by atoms with van der Waals surface area (Å²) in [5.41, 5.74) is 2.50. The summed E-state index contributed by atoms with van der Waals surface area (Å²) < 4.78 is 0. The fraction of sp³-hybridized carbons (Fsp3) is 0.615. The van der Waals surface area contributed by atoms with Gasteiger partial charge in [0.25, 0.3) is 0 Å². The molecule has 1 saturated heterocycles. The summed E-state index contributed by atoms with van der Waals surface area (Å²) in [6.45, 7) is 5.83. The van der Waals surface area contributed by atoms with Crippen LogP contribution in [0, 0.1) is 25.2 Å². The maximum absolute atomic E-state index is 9.28. The van der Waals surface area contributed by atoms with Crippen molar-refractivity contribution in [2.24, 2.45) is 0 Å². The Morgan fingerprint density at radius 1 is 1.06 bits per heavy atom. The molecule has 0 saturated carbocycles. The highest BCUT2D eigenvalue weighted by Gasteiger charge is 2.18. The van der Waals surface area contributed by atoms with E-state index in [1.165, 1.54) is 25.7 Å². The summed E-state index contributed by atoms with van der Waals surface area (Å²) in [4.78, 5) is 2.21. The number of nitrogens with zero attached hydrogens (tertiary/aromatic N) is 4. The number of rotatable bonds is 1. The van der Waals surface area contributed by atoms with Crippen LogP contribution in [-0.4, -0.2) is 23.3 Å². The zero-order chi connectivity index (χ0) is 12.3. The van der Waals surface area contributed by atoms with Crippen molar-refractivity contribution < 1.29 is 0 Å². The van der Waals surface area contributed by atoms with Crippen molar-refractivity contribution >= 4 is 5.82 Å². The van der Waals surface area contributed by atoms with E-state index in [-0.39, 0.29) is 0 Å². The zero-order valence-corrected chi connectivity index (χ0v) is 10.5. The molecular formula is C13H18N4. The topological polar surface area (TPSA) is 52.8 Å². The van der Waals surface area contributed by atoms with E-state index in [2.05, 4.69) is 21.2 Å². The van der Waals surface area contributed by atoms with Crippen molar-refractivity contribution in [2.75, 3.05) is 18.0 Å². The van der Waals surface area contributed by atoms with Crippen LogP contribution in [-0.2, 0) is 0 Å². The Morgan fingerprint density at radius 2 is 1.71 bits per heavy atom. The minimum absolute atomic E-state index is 0.694. The molecule has 0 atom stereocenters. The van der Waals surface area contributed by atoms with E-state index < -0.39 is 0 Å². The van der Waals surface area contributed by atoms with Crippen molar-refractivity contribution in [1.82, 2.24) is 10.2 Å². The second-order valence-corrected chi connectivity index (χ2v) is 4.62. The monoisotopic (exact) mass is 230 g/mol. The Labute approximate surface area is 102 Å². The van der Waals surface area contributed by atoms with Gasteiger partial charge < -0.3 is 4.90 Å². The largest absolute Gasteiger partial charge is 0.354 e. The Bertz CT molecular complexity index is 439. The summed E-state index contributed by atoms with van der Waals surface area (Å²) in [6, 6.07) is 2.28. The Kier molecular flexibility index (Phi) is 3.58. The van der Waals surface area contributed by atoms with Crippen LogP contribution in [0.3, 0.4) is 0 Å². The molecule has 0 bridgehead atoms. The summed E-state index contributed by atoms with van der Waals surface area (Å²) in [5.74, 6) is 0.775. The molecule has 1 aliphatic rings. The number of anilines is 1. The molecule has 0 aromatic carbocycles. The standard InChI is InChI=1S/C13H18N4/c1-10-11(2)15-16-13(12(10)9-14)17-7-5-3-4-6-8-17/h3-8H2,1-2H3. The Morgan fingerprint density at radius 3 is 2.29 bits per heavy atom. The average Bonchev–Trinajstić information content (AvgIpc) is 2.61. The molecular weight excluding hydrogens is 212 g/mol. The third kappa shape index (κ3) is 2.38. The first kappa shape index (κ1) is 11.8. The van der Waals surface area contributed by atoms with Gasteiger partial charge in [-0.2, -0.15) is 10.4 Å². The summed E-state index contributed by atoms with van der Waals surface area (Å²) in [6.07, 6.45) is 4.91. The van der Waals surface area contributed by atoms with Gasteiger partial charge in [-0.3, -0.25) is 0 Å². The number of aromatic nitrogens is 2. The van der Waals surface area contributed by atoms with Gasteiger partial charge in [0.2, 0.25) is 0 Å². The van der Waals surface area contributed by atoms with Gasteiger partial charge >= 0.3 is 0 Å². The first-order valence-electron chi connectivity index (χ1n) is 6.23. The lowest BCUT2D eigenvalue weighted by Crippen LogP contribution is -2.26. The van der Waals surface area contributed by atoms with E-state index in [1.54, 1.807) is 0 Å². The van der Waals surface area contributed by atoms with E-state index >= 15 is 0 Å². The smallest absolute Gasteiger partial charge is 0.169 e. The minimum Gasteiger partial charge on any atom is -0.354 e. The second kappa shape index (κ2) is 5.13. The number of nitriles is 1. The lowest BCUT2D eigenvalue weighted by molar-refractivity contribution is 0.726. The van der Waals surface area contributed by atoms with Crippen LogP contribution in [0.1, 0.15) is 42.5 Å². The number of aryl methyl sites for hydroxylation is 1. The second-order valence-electron chi connectivity index (χ2n) is 4.62. The molecule has 1 fully saturated rings. The molecule has 4 heteroatoms. The quantitative estimate of drug-likeness (QED) is 0.743. The predicted octanol–water partition coefficient (Wildman–Crippen LogP) is 2.35. The molecule has 0 amide bonds. The molecule has 0 N–H and O–H groups in total. The fourth-order valence-corrected chi connectivity index (χ4v) is 2.23. The van der Waals surface area contributed by atoms with Gasteiger partial charge in [0, 0.05) is 13.1 Å². The van der Waals surface area contributed by atoms with Crippen LogP contribution >= 0.6 is 0 Å². The molecule has 4 nitrogen and oxygen atoms in total. The normalized spacial score (nSPS) is 16.4. The van der Waals surface area contributed by atoms with Crippen LogP contribution < -0.4 is 4.90 Å². The van der Waals surface area contributed by atoms with Crippen LogP contribution in [0.4, 0.5) is 5.82 Å². The number of hydrogen-bond donors (Lipinski definition) is 0. The first-order chi connectivity index (χ1) is 8.24. The summed E-state index contributed by atoms with van der Waals surface area (Å²) in [7, 11) is 0. The van der Waals surface area contributed by atoms with E-state index in [0.717, 1.165) is 30.2 Å². The third-order valence-corrected chi connectivity index (χ3v) is 3.45. The maximum atomic E-state index is 9.28. The SMILES string of the molecule is Cc1nnc(N2CCCCCC2)c(C#N)c1C. The molecule has 1 aromatic rings. The minimum atomic E-state index is 0.694. The third-order valence-electron chi connectivity index (χ3n) is 3.45. The van der Waals surface area contributed by atoms with Crippen LogP contribution in [0.15, 0.2) is 0 Å². The van der Waals surface area contributed by atoms with Gasteiger partial charge in [-0.1, -0.05) is 12.8 Å². The van der Waals surface area contributed by atoms with E-state index in [1.807, 2.05) is 13.8 Å². The van der Waals surface area contributed by atoms with Crippen molar-refractivity contribution in [3.05, 3.63) is 16.8 Å². The highest BCUT2D eigenvalue weighted by molar-refractivity contribution is 5.57. The number of hydrogen-bond acceptors (Lipinski definition) is 4. The van der Waals surface area contributed by atoms with Crippen molar-refractivity contribution in [3.8, 4) is 6.07 Å². The van der Waals surface area contributed by atoms with Crippen molar-refractivity contribution in [2.45, 2.75) is 39.5 Å². The van der Waals surface area contributed by atoms with Gasteiger partial charge in [0.05, 0.1) is 5.69 Å². The lowest BCUT2D eigenvalue weighted by Gasteiger charge is -2.22. The van der Waals surface area contributed by atoms with Crippen LogP contribution in [0.2, 0.25) is 0 Å². The van der Waals surface area contributed by atoms with E-state index in [4.69, 9.17) is 0 Å². The van der Waals surface area contributed by atoms with Gasteiger partial charge in [0.15, 0.2) is 5.82 Å². The molecule has 1 aliphatic heterocycles. The molecule has 1 aromatic heterocycles. The molecule has 2 heterocycles. The Balaban J connectivity index is 2.37. The van der Waals surface area contributed by atoms with Crippen LogP contribution in [0.5, 0.6) is 0 Å². The van der Waals surface area contributed by atoms with Crippen molar-refractivity contribution in [3.63, 3.8) is 0 Å². The molecule has 2 rings (SSSR count). The highest BCUT2D eigenvalue weighted by atomic mass is 15.3.